The number of aryl methyl sites for hydroxylation is 2. The summed E-state index contributed by atoms with van der Waals surface area (Å²) in [7, 11) is 0. The zero-order chi connectivity index (χ0) is 14.0. The summed E-state index contributed by atoms with van der Waals surface area (Å²) in [6, 6.07) is 12.2. The summed E-state index contributed by atoms with van der Waals surface area (Å²) in [4.78, 5) is 0. The normalized spacial score (nSPS) is 12.5. The van der Waals surface area contributed by atoms with Gasteiger partial charge in [-0.25, -0.2) is 0 Å². The molecule has 0 aliphatic rings. The molecule has 0 heterocycles. The van der Waals surface area contributed by atoms with Gasteiger partial charge in [0.15, 0.2) is 0 Å². The predicted octanol–water partition coefficient (Wildman–Crippen LogP) is 4.96. The van der Waals surface area contributed by atoms with Gasteiger partial charge in [-0.2, -0.15) is 0 Å². The molecule has 1 atom stereocenters. The molecular weight excluding hydrogens is 322 g/mol. The fraction of sp³-hybridized carbons (Fsp3) is 0.250. The first-order valence-electron chi connectivity index (χ1n) is 6.24. The van der Waals surface area contributed by atoms with E-state index in [4.69, 9.17) is 17.3 Å². The van der Waals surface area contributed by atoms with E-state index in [1.54, 1.807) is 0 Å². The van der Waals surface area contributed by atoms with Gasteiger partial charge in [0, 0.05) is 15.5 Å². The molecule has 0 fully saturated rings. The molecule has 19 heavy (non-hydrogen) atoms. The van der Waals surface area contributed by atoms with Crippen molar-refractivity contribution in [3.63, 3.8) is 0 Å². The lowest BCUT2D eigenvalue weighted by atomic mass is 9.95. The summed E-state index contributed by atoms with van der Waals surface area (Å²) in [6.45, 7) is 4.21. The molecule has 0 spiro atoms. The van der Waals surface area contributed by atoms with Crippen LogP contribution in [-0.2, 0) is 6.42 Å². The van der Waals surface area contributed by atoms with E-state index in [0.717, 1.165) is 16.5 Å². The predicted molar refractivity (Wildman–Crippen MR) is 85.7 cm³/mol. The summed E-state index contributed by atoms with van der Waals surface area (Å²) in [5, 5.41) is 0.715. The Bertz CT molecular complexity index is 595. The minimum Gasteiger partial charge on any atom is -0.324 e. The average molecular weight is 339 g/mol. The summed E-state index contributed by atoms with van der Waals surface area (Å²) in [5.74, 6) is 0. The maximum atomic E-state index is 6.30. The van der Waals surface area contributed by atoms with Crippen molar-refractivity contribution in [3.05, 3.63) is 68.1 Å². The van der Waals surface area contributed by atoms with E-state index in [0.29, 0.717) is 5.02 Å². The molecule has 2 aromatic carbocycles. The highest BCUT2D eigenvalue weighted by Gasteiger charge is 2.12. The first-order chi connectivity index (χ1) is 8.97. The second-order valence-electron chi connectivity index (χ2n) is 4.91. The van der Waals surface area contributed by atoms with Crippen molar-refractivity contribution in [3.8, 4) is 0 Å². The van der Waals surface area contributed by atoms with Crippen LogP contribution in [0, 0.1) is 13.8 Å². The average Bonchev–Trinajstić information content (AvgIpc) is 2.33. The molecule has 0 bridgehead atoms. The number of hydrogen-bond donors (Lipinski definition) is 1. The lowest BCUT2D eigenvalue weighted by Gasteiger charge is -2.16. The van der Waals surface area contributed by atoms with Crippen LogP contribution >= 0.6 is 27.5 Å². The molecule has 0 aliphatic carbocycles. The smallest absolute Gasteiger partial charge is 0.0465 e. The van der Waals surface area contributed by atoms with E-state index < -0.39 is 0 Å². The van der Waals surface area contributed by atoms with Gasteiger partial charge in [-0.05, 0) is 49.1 Å². The Morgan fingerprint density at radius 3 is 2.58 bits per heavy atom. The summed E-state index contributed by atoms with van der Waals surface area (Å²) >= 11 is 9.66. The zero-order valence-electron chi connectivity index (χ0n) is 11.1. The molecule has 2 N–H and O–H groups in total. The molecule has 0 saturated carbocycles. The first-order valence-corrected chi connectivity index (χ1v) is 7.41. The third kappa shape index (κ3) is 3.59. The highest BCUT2D eigenvalue weighted by Crippen LogP contribution is 2.28. The van der Waals surface area contributed by atoms with E-state index in [9.17, 15) is 0 Å². The van der Waals surface area contributed by atoms with Crippen LogP contribution in [0.25, 0.3) is 0 Å². The fourth-order valence-electron chi connectivity index (χ4n) is 2.17. The van der Waals surface area contributed by atoms with Crippen LogP contribution < -0.4 is 5.73 Å². The molecule has 1 nitrogen and oxygen atoms in total. The number of halogens is 2. The zero-order valence-corrected chi connectivity index (χ0v) is 13.4. The fourth-order valence-corrected chi connectivity index (χ4v) is 2.98. The molecule has 3 heteroatoms. The van der Waals surface area contributed by atoms with E-state index in [2.05, 4.69) is 48.0 Å². The van der Waals surface area contributed by atoms with Gasteiger partial charge in [-0.1, -0.05) is 57.4 Å². The molecule has 2 rings (SSSR count). The third-order valence-corrected chi connectivity index (χ3v) is 4.13. The summed E-state index contributed by atoms with van der Waals surface area (Å²) < 4.78 is 0.972. The van der Waals surface area contributed by atoms with Gasteiger partial charge in [0.25, 0.3) is 0 Å². The largest absolute Gasteiger partial charge is 0.324 e. The Hall–Kier alpha value is -0.830. The van der Waals surface area contributed by atoms with Crippen LogP contribution in [0.2, 0.25) is 5.02 Å². The van der Waals surface area contributed by atoms with E-state index in [1.165, 1.54) is 16.7 Å². The summed E-state index contributed by atoms with van der Waals surface area (Å²) in [6.07, 6.45) is 0.800. The van der Waals surface area contributed by atoms with Gasteiger partial charge in [0.1, 0.15) is 0 Å². The van der Waals surface area contributed by atoms with Crippen LogP contribution in [-0.4, -0.2) is 0 Å². The second kappa shape index (κ2) is 6.08. The number of hydrogen-bond acceptors (Lipinski definition) is 1. The van der Waals surface area contributed by atoms with Crippen molar-refractivity contribution in [1.82, 2.24) is 0 Å². The molecule has 2 aromatic rings. The Morgan fingerprint density at radius 1 is 1.16 bits per heavy atom. The lowest BCUT2D eigenvalue weighted by Crippen LogP contribution is -2.14. The summed E-state index contributed by atoms with van der Waals surface area (Å²) in [5.41, 5.74) is 11.1. The van der Waals surface area contributed by atoms with Crippen molar-refractivity contribution in [1.29, 1.82) is 0 Å². The maximum absolute atomic E-state index is 6.30. The quantitative estimate of drug-likeness (QED) is 0.841. The van der Waals surface area contributed by atoms with E-state index >= 15 is 0 Å². The van der Waals surface area contributed by atoms with Crippen LogP contribution in [0.1, 0.15) is 28.3 Å². The van der Waals surface area contributed by atoms with Crippen molar-refractivity contribution in [2.45, 2.75) is 26.3 Å². The molecule has 0 aromatic heterocycles. The van der Waals surface area contributed by atoms with Gasteiger partial charge in [0.2, 0.25) is 0 Å². The third-order valence-electron chi connectivity index (χ3n) is 3.31. The van der Waals surface area contributed by atoms with Crippen LogP contribution in [0.15, 0.2) is 40.9 Å². The minimum absolute atomic E-state index is 0.0823. The van der Waals surface area contributed by atoms with E-state index in [-0.39, 0.29) is 6.04 Å². The van der Waals surface area contributed by atoms with Crippen molar-refractivity contribution >= 4 is 27.5 Å². The van der Waals surface area contributed by atoms with Crippen molar-refractivity contribution in [2.75, 3.05) is 0 Å². The standard InChI is InChI=1S/C16H17BrClN/c1-10-3-4-11(2)12(7-10)8-16(19)14-6-5-13(17)9-15(14)18/h3-7,9,16H,8,19H2,1-2H3. The molecule has 1 unspecified atom stereocenters. The van der Waals surface area contributed by atoms with Gasteiger partial charge < -0.3 is 5.73 Å². The molecule has 0 radical (unpaired) electrons. The Labute approximate surface area is 127 Å². The molecule has 0 saturated heterocycles. The Balaban J connectivity index is 2.25. The number of nitrogens with two attached hydrogens (primary N) is 1. The first kappa shape index (κ1) is 14.6. The van der Waals surface area contributed by atoms with Gasteiger partial charge in [0.05, 0.1) is 0 Å². The van der Waals surface area contributed by atoms with Crippen molar-refractivity contribution < 1.29 is 0 Å². The minimum atomic E-state index is -0.0823. The second-order valence-corrected chi connectivity index (χ2v) is 6.23. The number of benzene rings is 2. The lowest BCUT2D eigenvalue weighted by molar-refractivity contribution is 0.718. The molecule has 100 valence electrons. The van der Waals surface area contributed by atoms with Crippen LogP contribution in [0.3, 0.4) is 0 Å². The molecule has 0 amide bonds. The van der Waals surface area contributed by atoms with Crippen LogP contribution in [0.5, 0.6) is 0 Å². The van der Waals surface area contributed by atoms with Gasteiger partial charge >= 0.3 is 0 Å². The molecular formula is C16H17BrClN. The van der Waals surface area contributed by atoms with Crippen molar-refractivity contribution in [2.24, 2.45) is 5.73 Å². The highest BCUT2D eigenvalue weighted by atomic mass is 79.9. The van der Waals surface area contributed by atoms with Crippen LogP contribution in [0.4, 0.5) is 0 Å². The van der Waals surface area contributed by atoms with Gasteiger partial charge in [-0.3, -0.25) is 0 Å². The molecule has 0 aliphatic heterocycles. The number of rotatable bonds is 3. The topological polar surface area (TPSA) is 26.0 Å². The maximum Gasteiger partial charge on any atom is 0.0465 e. The Morgan fingerprint density at radius 2 is 1.89 bits per heavy atom. The Kier molecular flexibility index (Phi) is 4.67. The SMILES string of the molecule is Cc1ccc(C)c(CC(N)c2ccc(Br)cc2Cl)c1. The monoisotopic (exact) mass is 337 g/mol. The van der Waals surface area contributed by atoms with E-state index in [1.807, 2.05) is 18.2 Å². The van der Waals surface area contributed by atoms with Gasteiger partial charge in [-0.15, -0.1) is 0 Å². The highest BCUT2D eigenvalue weighted by molar-refractivity contribution is 9.10.